The van der Waals surface area contributed by atoms with Gasteiger partial charge in [0.2, 0.25) is 0 Å². The molecule has 0 aliphatic carbocycles. The second-order valence-electron chi connectivity index (χ2n) is 7.03. The molecule has 8 nitrogen and oxygen atoms in total. The molecule has 0 aliphatic heterocycles. The maximum atomic E-state index is 13.9. The van der Waals surface area contributed by atoms with E-state index >= 15 is 0 Å². The zero-order valence-electron chi connectivity index (χ0n) is 18.1. The van der Waals surface area contributed by atoms with Crippen LogP contribution < -0.4 is 25.6 Å². The van der Waals surface area contributed by atoms with E-state index in [1.165, 1.54) is 19.2 Å². The van der Waals surface area contributed by atoms with Crippen molar-refractivity contribution in [1.29, 1.82) is 0 Å². The number of amides is 3. The first kappa shape index (κ1) is 24.6. The number of ether oxygens (including phenoxy) is 2. The second kappa shape index (κ2) is 11.1. The molecule has 3 amide bonds. The lowest BCUT2D eigenvalue weighted by Crippen LogP contribution is -2.54. The first-order valence-corrected chi connectivity index (χ1v) is 9.85. The zero-order valence-corrected chi connectivity index (χ0v) is 18.1. The van der Waals surface area contributed by atoms with Crippen molar-refractivity contribution >= 4 is 17.7 Å². The Hall–Kier alpha value is -3.69. The van der Waals surface area contributed by atoms with Crippen molar-refractivity contribution < 1.29 is 32.6 Å². The Kier molecular flexibility index (Phi) is 8.51. The van der Waals surface area contributed by atoms with Crippen molar-refractivity contribution in [2.45, 2.75) is 26.8 Å². The van der Waals surface area contributed by atoms with Crippen LogP contribution >= 0.6 is 0 Å². The van der Waals surface area contributed by atoms with Crippen LogP contribution in [0.5, 0.6) is 11.5 Å². The number of rotatable bonds is 8. The minimum Gasteiger partial charge on any atom is -0.493 e. The van der Waals surface area contributed by atoms with Crippen molar-refractivity contribution in [3.8, 4) is 11.5 Å². The van der Waals surface area contributed by atoms with Crippen LogP contribution in [0.3, 0.4) is 0 Å². The summed E-state index contributed by atoms with van der Waals surface area (Å²) in [6.45, 7) is 5.47. The van der Waals surface area contributed by atoms with Gasteiger partial charge in [0.15, 0.2) is 11.5 Å². The van der Waals surface area contributed by atoms with E-state index in [0.29, 0.717) is 18.1 Å². The fourth-order valence-electron chi connectivity index (χ4n) is 2.81. The minimum atomic E-state index is -1.17. The van der Waals surface area contributed by atoms with E-state index < -0.39 is 46.9 Å². The summed E-state index contributed by atoms with van der Waals surface area (Å²) in [5.74, 6) is -4.26. The van der Waals surface area contributed by atoms with Crippen molar-refractivity contribution in [3.63, 3.8) is 0 Å². The Morgan fingerprint density at radius 3 is 2.19 bits per heavy atom. The predicted octanol–water partition coefficient (Wildman–Crippen LogP) is 2.59. The number of methoxy groups -OCH3 is 1. The molecule has 10 heteroatoms. The molecule has 0 spiro atoms. The van der Waals surface area contributed by atoms with Gasteiger partial charge in [0.25, 0.3) is 17.7 Å². The topological polar surface area (TPSA) is 106 Å². The van der Waals surface area contributed by atoms with Crippen molar-refractivity contribution in [2.75, 3.05) is 13.7 Å². The Morgan fingerprint density at radius 1 is 0.969 bits per heavy atom. The van der Waals surface area contributed by atoms with Gasteiger partial charge in [-0.15, -0.1) is 0 Å². The summed E-state index contributed by atoms with van der Waals surface area (Å²) in [5, 5.41) is 2.30. The minimum absolute atomic E-state index is 0.184. The van der Waals surface area contributed by atoms with Gasteiger partial charge in [-0.1, -0.05) is 19.9 Å². The summed E-state index contributed by atoms with van der Waals surface area (Å²) in [6, 6.07) is 6.31. The number of hydrazine groups is 1. The zero-order chi connectivity index (χ0) is 23.8. The average Bonchev–Trinajstić information content (AvgIpc) is 2.75. The predicted molar refractivity (Wildman–Crippen MR) is 112 cm³/mol. The molecule has 0 aromatic heterocycles. The molecule has 0 saturated carbocycles. The fourth-order valence-corrected chi connectivity index (χ4v) is 2.81. The highest BCUT2D eigenvalue weighted by molar-refractivity contribution is 5.99. The maximum Gasteiger partial charge on any atom is 0.269 e. The van der Waals surface area contributed by atoms with E-state index in [9.17, 15) is 23.2 Å². The van der Waals surface area contributed by atoms with E-state index in [4.69, 9.17) is 9.47 Å². The third-order valence-electron chi connectivity index (χ3n) is 4.45. The van der Waals surface area contributed by atoms with Crippen molar-refractivity contribution in [3.05, 3.63) is 59.2 Å². The number of hydrogen-bond acceptors (Lipinski definition) is 5. The van der Waals surface area contributed by atoms with Crippen LogP contribution in [-0.2, 0) is 4.79 Å². The van der Waals surface area contributed by atoms with Gasteiger partial charge in [-0.3, -0.25) is 25.2 Å². The highest BCUT2D eigenvalue weighted by Crippen LogP contribution is 2.27. The number of carbonyl (C=O) groups is 3. The number of hydrogen-bond donors (Lipinski definition) is 3. The summed E-state index contributed by atoms with van der Waals surface area (Å²) in [7, 11) is 1.43. The van der Waals surface area contributed by atoms with Gasteiger partial charge in [-0.25, -0.2) is 8.78 Å². The van der Waals surface area contributed by atoms with Crippen LogP contribution in [0.1, 0.15) is 41.5 Å². The Labute approximate surface area is 184 Å². The van der Waals surface area contributed by atoms with Crippen LogP contribution in [0.15, 0.2) is 36.4 Å². The van der Waals surface area contributed by atoms with E-state index in [1.807, 2.05) is 0 Å². The molecule has 0 aliphatic rings. The molecule has 3 N–H and O–H groups in total. The van der Waals surface area contributed by atoms with Crippen LogP contribution in [-0.4, -0.2) is 37.5 Å². The van der Waals surface area contributed by atoms with Gasteiger partial charge < -0.3 is 14.8 Å². The van der Waals surface area contributed by atoms with Crippen molar-refractivity contribution in [1.82, 2.24) is 16.2 Å². The SMILES string of the molecule is CCOc1ccc(C(=O)NNC(=O)C(NC(=O)c2c(F)cccc2F)C(C)C)cc1OC. The number of carbonyl (C=O) groups excluding carboxylic acids is 3. The molecule has 0 bridgehead atoms. The average molecular weight is 449 g/mol. The molecular formula is C22H25F2N3O5. The van der Waals surface area contributed by atoms with Crippen LogP contribution in [0.25, 0.3) is 0 Å². The number of benzene rings is 2. The molecule has 32 heavy (non-hydrogen) atoms. The summed E-state index contributed by atoms with van der Waals surface area (Å²) in [6.07, 6.45) is 0. The Morgan fingerprint density at radius 2 is 1.62 bits per heavy atom. The van der Waals surface area contributed by atoms with Crippen LogP contribution in [0.4, 0.5) is 8.78 Å². The molecule has 172 valence electrons. The van der Waals surface area contributed by atoms with E-state index in [0.717, 1.165) is 18.2 Å². The van der Waals surface area contributed by atoms with E-state index in [1.54, 1.807) is 26.8 Å². The molecular weight excluding hydrogens is 424 g/mol. The summed E-state index contributed by atoms with van der Waals surface area (Å²) in [4.78, 5) is 37.3. The summed E-state index contributed by atoms with van der Waals surface area (Å²) >= 11 is 0. The molecule has 2 aromatic carbocycles. The molecule has 0 fully saturated rings. The number of halogens is 2. The lowest BCUT2D eigenvalue weighted by Gasteiger charge is -2.22. The van der Waals surface area contributed by atoms with E-state index in [-0.39, 0.29) is 5.56 Å². The number of nitrogens with one attached hydrogen (secondary N) is 3. The molecule has 1 unspecified atom stereocenters. The largest absolute Gasteiger partial charge is 0.493 e. The Balaban J connectivity index is 2.07. The van der Waals surface area contributed by atoms with Crippen molar-refractivity contribution in [2.24, 2.45) is 5.92 Å². The first-order chi connectivity index (χ1) is 15.2. The fraction of sp³-hybridized carbons (Fsp3) is 0.318. The van der Waals surface area contributed by atoms with Crippen LogP contribution in [0.2, 0.25) is 0 Å². The molecule has 0 radical (unpaired) electrons. The third-order valence-corrected chi connectivity index (χ3v) is 4.45. The van der Waals surface area contributed by atoms with Gasteiger partial charge in [0, 0.05) is 5.56 Å². The lowest BCUT2D eigenvalue weighted by molar-refractivity contribution is -0.124. The quantitative estimate of drug-likeness (QED) is 0.538. The highest BCUT2D eigenvalue weighted by Gasteiger charge is 2.27. The third kappa shape index (κ3) is 5.93. The van der Waals surface area contributed by atoms with E-state index in [2.05, 4.69) is 16.2 Å². The second-order valence-corrected chi connectivity index (χ2v) is 7.03. The van der Waals surface area contributed by atoms with Gasteiger partial charge in [-0.05, 0) is 43.2 Å². The monoisotopic (exact) mass is 449 g/mol. The Bertz CT molecular complexity index is 977. The van der Waals surface area contributed by atoms with Gasteiger partial charge in [-0.2, -0.15) is 0 Å². The molecule has 0 heterocycles. The van der Waals surface area contributed by atoms with Crippen LogP contribution in [0, 0.1) is 17.6 Å². The van der Waals surface area contributed by atoms with Gasteiger partial charge in [0.05, 0.1) is 13.7 Å². The molecule has 0 saturated heterocycles. The molecule has 2 aromatic rings. The smallest absolute Gasteiger partial charge is 0.269 e. The first-order valence-electron chi connectivity index (χ1n) is 9.85. The molecule has 1 atom stereocenters. The molecule has 2 rings (SSSR count). The summed E-state index contributed by atoms with van der Waals surface area (Å²) < 4.78 is 38.3. The maximum absolute atomic E-state index is 13.9. The standard InChI is InChI=1S/C22H25F2N3O5/c1-5-32-16-10-9-13(11-17(16)31-4)20(28)26-27-22(30)19(12(2)3)25-21(29)18-14(23)7-6-8-15(18)24/h6-12,19H,5H2,1-4H3,(H,25,29)(H,26,28)(H,27,30). The van der Waals surface area contributed by atoms with Gasteiger partial charge in [0.1, 0.15) is 23.2 Å². The lowest BCUT2D eigenvalue weighted by atomic mass is 10.0. The highest BCUT2D eigenvalue weighted by atomic mass is 19.1. The summed E-state index contributed by atoms with van der Waals surface area (Å²) in [5.41, 5.74) is 3.84. The van der Waals surface area contributed by atoms with Gasteiger partial charge >= 0.3 is 0 Å². The normalized spacial score (nSPS) is 11.5.